The standard InChI is InChI=1S/C17H15BrN2O8S/c18-12-3-1-2-10(6-12)8-29(27,28)9-14(17(23)24)19-13-5-4-11(16(21)22)7-15(13)20(25)26/h1-7,14,19H,8-9H2,(H,21,22)(H,23,24)/t14-/m1/s1. The van der Waals surface area contributed by atoms with Gasteiger partial charge in [-0.3, -0.25) is 10.1 Å². The Morgan fingerprint density at radius 3 is 2.41 bits per heavy atom. The summed E-state index contributed by atoms with van der Waals surface area (Å²) in [5, 5.41) is 31.9. The molecule has 0 radical (unpaired) electrons. The Balaban J connectivity index is 2.27. The van der Waals surface area contributed by atoms with Crippen LogP contribution in [0.5, 0.6) is 0 Å². The van der Waals surface area contributed by atoms with Crippen LogP contribution in [0.4, 0.5) is 11.4 Å². The molecule has 12 heteroatoms. The third-order valence-electron chi connectivity index (χ3n) is 3.77. The van der Waals surface area contributed by atoms with Crippen LogP contribution in [-0.4, -0.2) is 47.3 Å². The van der Waals surface area contributed by atoms with Crippen LogP contribution in [0.2, 0.25) is 0 Å². The second-order valence-corrected chi connectivity index (χ2v) is 9.04. The van der Waals surface area contributed by atoms with Crippen molar-refractivity contribution in [2.75, 3.05) is 11.1 Å². The van der Waals surface area contributed by atoms with Crippen LogP contribution in [0.3, 0.4) is 0 Å². The molecular weight excluding hydrogens is 472 g/mol. The Hall–Kier alpha value is -2.99. The number of aliphatic carboxylic acids is 1. The van der Waals surface area contributed by atoms with E-state index in [-0.39, 0.29) is 11.3 Å². The molecule has 0 amide bonds. The number of rotatable bonds is 9. The van der Waals surface area contributed by atoms with Gasteiger partial charge in [-0.25, -0.2) is 18.0 Å². The van der Waals surface area contributed by atoms with Crippen molar-refractivity contribution in [3.8, 4) is 0 Å². The monoisotopic (exact) mass is 486 g/mol. The summed E-state index contributed by atoms with van der Waals surface area (Å²) in [4.78, 5) is 32.9. The molecule has 1 atom stereocenters. The molecule has 0 aliphatic heterocycles. The number of anilines is 1. The Bertz CT molecular complexity index is 1070. The number of carboxylic acid groups (broad SMARTS) is 2. The van der Waals surface area contributed by atoms with Crippen molar-refractivity contribution in [3.05, 3.63) is 68.2 Å². The van der Waals surface area contributed by atoms with Crippen molar-refractivity contribution in [2.24, 2.45) is 0 Å². The number of nitro groups is 1. The van der Waals surface area contributed by atoms with Gasteiger partial charge >= 0.3 is 11.9 Å². The zero-order valence-corrected chi connectivity index (χ0v) is 17.0. The van der Waals surface area contributed by atoms with Gasteiger partial charge in [0.25, 0.3) is 5.69 Å². The maximum absolute atomic E-state index is 12.4. The summed E-state index contributed by atoms with van der Waals surface area (Å²) in [5.41, 5.74) is -0.901. The predicted octanol–water partition coefficient (Wildman–Crippen LogP) is 2.54. The highest BCUT2D eigenvalue weighted by atomic mass is 79.9. The molecule has 2 aromatic carbocycles. The fraction of sp³-hybridized carbons (Fsp3) is 0.176. The minimum atomic E-state index is -3.90. The zero-order chi connectivity index (χ0) is 21.8. The van der Waals surface area contributed by atoms with Crippen LogP contribution in [0.1, 0.15) is 15.9 Å². The van der Waals surface area contributed by atoms with Crippen LogP contribution >= 0.6 is 15.9 Å². The van der Waals surface area contributed by atoms with Gasteiger partial charge in [0.05, 0.1) is 22.0 Å². The zero-order valence-electron chi connectivity index (χ0n) is 14.6. The van der Waals surface area contributed by atoms with Crippen LogP contribution in [0, 0.1) is 10.1 Å². The first kappa shape index (κ1) is 22.3. The molecule has 0 spiro atoms. The lowest BCUT2D eigenvalue weighted by Gasteiger charge is -2.16. The van der Waals surface area contributed by atoms with Gasteiger partial charge in [-0.2, -0.15) is 0 Å². The van der Waals surface area contributed by atoms with E-state index in [1.807, 2.05) is 0 Å². The third-order valence-corrected chi connectivity index (χ3v) is 5.87. The molecule has 10 nitrogen and oxygen atoms in total. The first-order valence-corrected chi connectivity index (χ1v) is 10.6. The molecule has 0 aromatic heterocycles. The lowest BCUT2D eigenvalue weighted by molar-refractivity contribution is -0.384. The molecule has 0 aliphatic carbocycles. The molecule has 0 fully saturated rings. The SMILES string of the molecule is O=C(O)c1ccc(N[C@H](CS(=O)(=O)Cc2cccc(Br)c2)C(=O)O)c([N+](=O)[O-])c1. The van der Waals surface area contributed by atoms with E-state index in [4.69, 9.17) is 5.11 Å². The predicted molar refractivity (Wildman–Crippen MR) is 107 cm³/mol. The molecule has 2 aromatic rings. The van der Waals surface area contributed by atoms with E-state index in [2.05, 4.69) is 21.2 Å². The molecule has 0 unspecified atom stereocenters. The lowest BCUT2D eigenvalue weighted by Crippen LogP contribution is -2.37. The summed E-state index contributed by atoms with van der Waals surface area (Å²) >= 11 is 3.22. The minimum Gasteiger partial charge on any atom is -0.480 e. The molecule has 29 heavy (non-hydrogen) atoms. The van der Waals surface area contributed by atoms with Gasteiger partial charge < -0.3 is 15.5 Å². The number of nitrogens with one attached hydrogen (secondary N) is 1. The largest absolute Gasteiger partial charge is 0.480 e. The van der Waals surface area contributed by atoms with Gasteiger partial charge in [-0.15, -0.1) is 0 Å². The summed E-state index contributed by atoms with van der Waals surface area (Å²) in [7, 11) is -3.90. The Morgan fingerprint density at radius 1 is 1.17 bits per heavy atom. The number of halogens is 1. The number of carbonyl (C=O) groups is 2. The number of carboxylic acids is 2. The van der Waals surface area contributed by atoms with Crippen LogP contribution in [-0.2, 0) is 20.4 Å². The second kappa shape index (κ2) is 9.01. The molecule has 154 valence electrons. The van der Waals surface area contributed by atoms with Crippen molar-refractivity contribution in [3.63, 3.8) is 0 Å². The maximum Gasteiger partial charge on any atom is 0.335 e. The summed E-state index contributed by atoms with van der Waals surface area (Å²) in [6, 6.07) is 7.65. The number of nitrogens with zero attached hydrogens (tertiary/aromatic N) is 1. The number of hydrogen-bond donors (Lipinski definition) is 3. The molecule has 3 N–H and O–H groups in total. The average Bonchev–Trinajstić information content (AvgIpc) is 2.60. The van der Waals surface area contributed by atoms with Gasteiger partial charge in [0.2, 0.25) is 0 Å². The van der Waals surface area contributed by atoms with E-state index in [0.717, 1.165) is 18.2 Å². The second-order valence-electron chi connectivity index (χ2n) is 6.01. The fourth-order valence-corrected chi connectivity index (χ4v) is 4.48. The average molecular weight is 487 g/mol. The first-order valence-electron chi connectivity index (χ1n) is 7.94. The highest BCUT2D eigenvalue weighted by molar-refractivity contribution is 9.10. The Kier molecular flexibility index (Phi) is 6.93. The van der Waals surface area contributed by atoms with Gasteiger partial charge in [0.1, 0.15) is 11.7 Å². The van der Waals surface area contributed by atoms with E-state index in [9.17, 15) is 33.2 Å². The highest BCUT2D eigenvalue weighted by Gasteiger charge is 2.28. The third kappa shape index (κ3) is 6.26. The summed E-state index contributed by atoms with van der Waals surface area (Å²) < 4.78 is 25.6. The van der Waals surface area contributed by atoms with Gasteiger partial charge in [0, 0.05) is 10.5 Å². The van der Waals surface area contributed by atoms with Crippen molar-refractivity contribution < 1.29 is 33.1 Å². The molecular formula is C17H15BrN2O8S. The van der Waals surface area contributed by atoms with E-state index in [0.29, 0.717) is 10.0 Å². The van der Waals surface area contributed by atoms with Crippen LogP contribution < -0.4 is 5.32 Å². The number of sulfone groups is 1. The number of benzene rings is 2. The lowest BCUT2D eigenvalue weighted by atomic mass is 10.1. The minimum absolute atomic E-state index is 0.301. The van der Waals surface area contributed by atoms with Gasteiger partial charge in [-0.05, 0) is 29.8 Å². The van der Waals surface area contributed by atoms with E-state index >= 15 is 0 Å². The summed E-state index contributed by atoms with van der Waals surface area (Å²) in [6.07, 6.45) is 0. The van der Waals surface area contributed by atoms with Crippen molar-refractivity contribution in [1.82, 2.24) is 0 Å². The molecule has 0 bridgehead atoms. The van der Waals surface area contributed by atoms with E-state index in [1.165, 1.54) is 0 Å². The number of nitro benzene ring substituents is 1. The quantitative estimate of drug-likeness (QED) is 0.356. The first-order chi connectivity index (χ1) is 13.5. The molecule has 0 aliphatic rings. The van der Waals surface area contributed by atoms with Gasteiger partial charge in [-0.1, -0.05) is 28.1 Å². The van der Waals surface area contributed by atoms with Crippen LogP contribution in [0.15, 0.2) is 46.9 Å². The molecule has 0 saturated carbocycles. The molecule has 0 heterocycles. The molecule has 2 rings (SSSR count). The summed E-state index contributed by atoms with van der Waals surface area (Å²) in [6.45, 7) is 0. The van der Waals surface area contributed by atoms with E-state index < -0.39 is 49.9 Å². The topological polar surface area (TPSA) is 164 Å². The van der Waals surface area contributed by atoms with Crippen molar-refractivity contribution in [2.45, 2.75) is 11.8 Å². The molecule has 0 saturated heterocycles. The normalized spacial score (nSPS) is 12.2. The smallest absolute Gasteiger partial charge is 0.335 e. The Labute approximate surface area is 173 Å². The van der Waals surface area contributed by atoms with Crippen molar-refractivity contribution >= 4 is 49.1 Å². The maximum atomic E-state index is 12.4. The van der Waals surface area contributed by atoms with E-state index in [1.54, 1.807) is 24.3 Å². The summed E-state index contributed by atoms with van der Waals surface area (Å²) in [5.74, 6) is -4.17. The number of hydrogen-bond acceptors (Lipinski definition) is 7. The van der Waals surface area contributed by atoms with Gasteiger partial charge in [0.15, 0.2) is 9.84 Å². The Morgan fingerprint density at radius 2 is 1.86 bits per heavy atom. The van der Waals surface area contributed by atoms with Crippen molar-refractivity contribution in [1.29, 1.82) is 0 Å². The van der Waals surface area contributed by atoms with Crippen LogP contribution in [0.25, 0.3) is 0 Å². The highest BCUT2D eigenvalue weighted by Crippen LogP contribution is 2.27. The number of aromatic carboxylic acids is 1. The fourth-order valence-electron chi connectivity index (χ4n) is 2.49.